The van der Waals surface area contributed by atoms with Crippen LogP contribution >= 0.6 is 0 Å². The van der Waals surface area contributed by atoms with E-state index >= 15 is 0 Å². The molecule has 1 aromatic carbocycles. The van der Waals surface area contributed by atoms with Gasteiger partial charge in [0.2, 0.25) is 0 Å². The van der Waals surface area contributed by atoms with E-state index in [0.717, 1.165) is 17.9 Å². The number of hydrogen-bond donors (Lipinski definition) is 1. The molecule has 2 atom stereocenters. The van der Waals surface area contributed by atoms with Gasteiger partial charge in [-0.05, 0) is 67.2 Å². The number of fused-ring (bicyclic) bond motifs is 3. The van der Waals surface area contributed by atoms with Crippen molar-refractivity contribution in [2.75, 3.05) is 6.54 Å². The van der Waals surface area contributed by atoms with Gasteiger partial charge >= 0.3 is 0 Å². The topological polar surface area (TPSA) is 12.0 Å². The molecule has 0 bridgehead atoms. The van der Waals surface area contributed by atoms with Gasteiger partial charge in [0, 0.05) is 6.04 Å². The van der Waals surface area contributed by atoms with E-state index in [1.165, 1.54) is 70.8 Å². The molecular weight excluding hydrogens is 254 g/mol. The molecule has 21 heavy (non-hydrogen) atoms. The Labute approximate surface area is 129 Å². The summed E-state index contributed by atoms with van der Waals surface area (Å²) in [7, 11) is 0. The molecule has 1 nitrogen and oxygen atoms in total. The summed E-state index contributed by atoms with van der Waals surface area (Å²) >= 11 is 0. The Bertz CT molecular complexity index is 487. The highest BCUT2D eigenvalue weighted by Gasteiger charge is 2.31. The standard InChI is InChI=1S/C20H29N/c1-2-5-15(6-3-1)13-16-8-10-18-17(14-16)9-11-20-19(18)7-4-12-21-20/h8,10,14-15,19-21H,1-7,9,11-13H2/t19-,20+/m0/s1. The SMILES string of the molecule is c1cc2c(cc1CC1CCCCC1)CC[C@H]1NCCC[C@@H]21. The molecule has 1 N–H and O–H groups in total. The van der Waals surface area contributed by atoms with E-state index in [4.69, 9.17) is 0 Å². The van der Waals surface area contributed by atoms with Crippen molar-refractivity contribution in [3.05, 3.63) is 34.9 Å². The predicted octanol–water partition coefficient (Wildman–Crippen LogP) is 4.59. The monoisotopic (exact) mass is 283 g/mol. The number of rotatable bonds is 2. The predicted molar refractivity (Wildman–Crippen MR) is 88.8 cm³/mol. The van der Waals surface area contributed by atoms with Crippen molar-refractivity contribution >= 4 is 0 Å². The summed E-state index contributed by atoms with van der Waals surface area (Å²) in [5.41, 5.74) is 4.96. The number of hydrogen-bond acceptors (Lipinski definition) is 1. The van der Waals surface area contributed by atoms with Crippen LogP contribution in [-0.2, 0) is 12.8 Å². The second-order valence-electron chi connectivity index (χ2n) is 7.59. The molecule has 0 amide bonds. The fraction of sp³-hybridized carbons (Fsp3) is 0.700. The van der Waals surface area contributed by atoms with Gasteiger partial charge in [0.1, 0.15) is 0 Å². The highest BCUT2D eigenvalue weighted by atomic mass is 14.9. The summed E-state index contributed by atoms with van der Waals surface area (Å²) in [5, 5.41) is 3.74. The molecule has 2 fully saturated rings. The Morgan fingerprint density at radius 3 is 2.76 bits per heavy atom. The molecule has 1 saturated carbocycles. The van der Waals surface area contributed by atoms with Gasteiger partial charge < -0.3 is 5.32 Å². The van der Waals surface area contributed by atoms with Gasteiger partial charge in [-0.3, -0.25) is 0 Å². The maximum Gasteiger partial charge on any atom is 0.0139 e. The minimum atomic E-state index is 0.760. The lowest BCUT2D eigenvalue weighted by atomic mass is 9.74. The second-order valence-corrected chi connectivity index (χ2v) is 7.59. The van der Waals surface area contributed by atoms with Crippen LogP contribution in [0.2, 0.25) is 0 Å². The zero-order valence-electron chi connectivity index (χ0n) is 13.2. The largest absolute Gasteiger partial charge is 0.313 e. The number of nitrogens with one attached hydrogen (secondary N) is 1. The Kier molecular flexibility index (Phi) is 4.03. The van der Waals surface area contributed by atoms with Crippen LogP contribution in [0.1, 0.15) is 74.0 Å². The summed E-state index contributed by atoms with van der Waals surface area (Å²) in [4.78, 5) is 0. The number of aryl methyl sites for hydroxylation is 1. The number of piperidine rings is 1. The molecule has 2 aliphatic carbocycles. The van der Waals surface area contributed by atoms with Crippen LogP contribution in [0.3, 0.4) is 0 Å². The van der Waals surface area contributed by atoms with Crippen LogP contribution in [-0.4, -0.2) is 12.6 Å². The van der Waals surface area contributed by atoms with Gasteiger partial charge in [-0.2, -0.15) is 0 Å². The Hall–Kier alpha value is -0.820. The van der Waals surface area contributed by atoms with E-state index in [9.17, 15) is 0 Å². The Balaban J connectivity index is 1.51. The molecule has 0 spiro atoms. The van der Waals surface area contributed by atoms with Crippen molar-refractivity contribution in [1.82, 2.24) is 5.32 Å². The quantitative estimate of drug-likeness (QED) is 0.837. The van der Waals surface area contributed by atoms with E-state index in [1.807, 2.05) is 0 Å². The third-order valence-corrected chi connectivity index (χ3v) is 6.16. The fourth-order valence-corrected chi connectivity index (χ4v) is 5.03. The zero-order valence-corrected chi connectivity index (χ0v) is 13.2. The lowest BCUT2D eigenvalue weighted by Gasteiger charge is -2.38. The highest BCUT2D eigenvalue weighted by Crippen LogP contribution is 2.38. The first-order chi connectivity index (χ1) is 10.4. The average Bonchev–Trinajstić information content (AvgIpc) is 2.55. The molecule has 1 aromatic rings. The summed E-state index contributed by atoms with van der Waals surface area (Å²) in [6, 6.07) is 8.26. The van der Waals surface area contributed by atoms with Crippen molar-refractivity contribution in [3.8, 4) is 0 Å². The third kappa shape index (κ3) is 2.90. The maximum absolute atomic E-state index is 3.74. The molecule has 4 rings (SSSR count). The lowest BCUT2D eigenvalue weighted by molar-refractivity contribution is 0.319. The van der Waals surface area contributed by atoms with Gasteiger partial charge in [-0.1, -0.05) is 50.3 Å². The summed E-state index contributed by atoms with van der Waals surface area (Å²) in [6.07, 6.45) is 14.0. The molecule has 1 heteroatoms. The fourth-order valence-electron chi connectivity index (χ4n) is 5.03. The minimum absolute atomic E-state index is 0.760. The molecule has 3 aliphatic rings. The molecule has 0 unspecified atom stereocenters. The first-order valence-electron chi connectivity index (χ1n) is 9.25. The van der Waals surface area contributed by atoms with Crippen LogP contribution in [0.15, 0.2) is 18.2 Å². The van der Waals surface area contributed by atoms with Crippen LogP contribution in [0.5, 0.6) is 0 Å². The number of benzene rings is 1. The summed E-state index contributed by atoms with van der Waals surface area (Å²) in [6.45, 7) is 1.23. The van der Waals surface area contributed by atoms with Crippen molar-refractivity contribution in [2.45, 2.75) is 76.2 Å². The van der Waals surface area contributed by atoms with Crippen molar-refractivity contribution in [3.63, 3.8) is 0 Å². The van der Waals surface area contributed by atoms with Gasteiger partial charge in [0.15, 0.2) is 0 Å². The first kappa shape index (κ1) is 13.8. The summed E-state index contributed by atoms with van der Waals surface area (Å²) < 4.78 is 0. The van der Waals surface area contributed by atoms with Gasteiger partial charge in [-0.15, -0.1) is 0 Å². The highest BCUT2D eigenvalue weighted by molar-refractivity contribution is 5.38. The molecule has 114 valence electrons. The zero-order chi connectivity index (χ0) is 14.1. The maximum atomic E-state index is 3.74. The smallest absolute Gasteiger partial charge is 0.0139 e. The van der Waals surface area contributed by atoms with Crippen LogP contribution < -0.4 is 5.32 Å². The van der Waals surface area contributed by atoms with Crippen molar-refractivity contribution in [2.24, 2.45) is 5.92 Å². The molecule has 0 aromatic heterocycles. The van der Waals surface area contributed by atoms with E-state index in [-0.39, 0.29) is 0 Å². The van der Waals surface area contributed by atoms with E-state index in [2.05, 4.69) is 23.5 Å². The molecule has 1 saturated heterocycles. The van der Waals surface area contributed by atoms with Crippen molar-refractivity contribution < 1.29 is 0 Å². The van der Waals surface area contributed by atoms with Gasteiger partial charge in [-0.25, -0.2) is 0 Å². The minimum Gasteiger partial charge on any atom is -0.313 e. The van der Waals surface area contributed by atoms with Gasteiger partial charge in [0.05, 0.1) is 0 Å². The second kappa shape index (κ2) is 6.12. The molecular formula is C20H29N. The summed E-state index contributed by atoms with van der Waals surface area (Å²) in [5.74, 6) is 1.76. The molecule has 1 aliphatic heterocycles. The van der Waals surface area contributed by atoms with Crippen molar-refractivity contribution in [1.29, 1.82) is 0 Å². The van der Waals surface area contributed by atoms with E-state index < -0.39 is 0 Å². The van der Waals surface area contributed by atoms with Crippen LogP contribution in [0.25, 0.3) is 0 Å². The lowest BCUT2D eigenvalue weighted by Crippen LogP contribution is -2.42. The first-order valence-corrected chi connectivity index (χ1v) is 9.25. The van der Waals surface area contributed by atoms with E-state index in [1.54, 1.807) is 16.7 Å². The van der Waals surface area contributed by atoms with Gasteiger partial charge in [0.25, 0.3) is 0 Å². The average molecular weight is 283 g/mol. The normalized spacial score (nSPS) is 29.7. The van der Waals surface area contributed by atoms with Crippen LogP contribution in [0, 0.1) is 5.92 Å². The third-order valence-electron chi connectivity index (χ3n) is 6.16. The molecule has 0 radical (unpaired) electrons. The Morgan fingerprint density at radius 2 is 1.86 bits per heavy atom. The Morgan fingerprint density at radius 1 is 0.952 bits per heavy atom. The van der Waals surface area contributed by atoms with E-state index in [0.29, 0.717) is 0 Å². The molecule has 1 heterocycles. The van der Waals surface area contributed by atoms with Crippen LogP contribution in [0.4, 0.5) is 0 Å².